The molecular weight excluding hydrogens is 378 g/mol. The molecule has 164 valence electrons. The highest BCUT2D eigenvalue weighted by Gasteiger charge is 2.22. The Morgan fingerprint density at radius 2 is 2.07 bits per heavy atom. The first-order valence-electron chi connectivity index (χ1n) is 11.6. The van der Waals surface area contributed by atoms with Crippen molar-refractivity contribution in [3.05, 3.63) is 23.3 Å². The van der Waals surface area contributed by atoms with Crippen LogP contribution in [0.1, 0.15) is 69.2 Å². The Balaban J connectivity index is 1.29. The van der Waals surface area contributed by atoms with Gasteiger partial charge in [-0.3, -0.25) is 4.99 Å². The molecule has 0 aliphatic carbocycles. The predicted octanol–water partition coefficient (Wildman–Crippen LogP) is 1.66. The third-order valence-electron chi connectivity index (χ3n) is 5.92. The second-order valence-electron chi connectivity index (χ2n) is 8.22. The fourth-order valence-corrected chi connectivity index (χ4v) is 4.30. The van der Waals surface area contributed by atoms with Crippen LogP contribution in [0.25, 0.3) is 0 Å². The number of rotatable bonds is 7. The van der Waals surface area contributed by atoms with Crippen LogP contribution in [0.4, 0.5) is 0 Å². The lowest BCUT2D eigenvalue weighted by Gasteiger charge is -2.25. The molecule has 30 heavy (non-hydrogen) atoms. The summed E-state index contributed by atoms with van der Waals surface area (Å²) in [4.78, 5) is 9.41. The fraction of sp³-hybridized carbons (Fsp3) is 0.762. The van der Waals surface area contributed by atoms with E-state index in [2.05, 4.69) is 54.0 Å². The number of hydrogen-bond donors (Lipinski definition) is 2. The van der Waals surface area contributed by atoms with Crippen molar-refractivity contribution >= 4 is 5.96 Å². The summed E-state index contributed by atoms with van der Waals surface area (Å²) in [6, 6.07) is 0.328. The van der Waals surface area contributed by atoms with E-state index < -0.39 is 0 Å². The minimum Gasteiger partial charge on any atom is -0.357 e. The van der Waals surface area contributed by atoms with Gasteiger partial charge in [-0.05, 0) is 32.6 Å². The molecule has 2 aliphatic rings. The van der Waals surface area contributed by atoms with Crippen molar-refractivity contribution in [3.8, 4) is 0 Å². The van der Waals surface area contributed by atoms with Crippen LogP contribution in [0.2, 0.25) is 0 Å². The van der Waals surface area contributed by atoms with Crippen LogP contribution in [0.3, 0.4) is 0 Å². The molecule has 0 radical (unpaired) electrons. The van der Waals surface area contributed by atoms with Crippen molar-refractivity contribution in [1.82, 2.24) is 40.2 Å². The first-order valence-corrected chi connectivity index (χ1v) is 11.6. The summed E-state index contributed by atoms with van der Waals surface area (Å²) >= 11 is 0. The van der Waals surface area contributed by atoms with Crippen molar-refractivity contribution < 1.29 is 0 Å². The summed E-state index contributed by atoms with van der Waals surface area (Å²) in [5.74, 6) is 5.23. The Morgan fingerprint density at radius 1 is 1.13 bits per heavy atom. The average molecular weight is 414 g/mol. The number of hydrogen-bond acceptors (Lipinski definition) is 5. The largest absolute Gasteiger partial charge is 0.357 e. The zero-order valence-corrected chi connectivity index (χ0v) is 18.4. The first kappa shape index (κ1) is 20.8. The molecule has 0 amide bonds. The van der Waals surface area contributed by atoms with Crippen molar-refractivity contribution in [2.24, 2.45) is 4.99 Å². The Kier molecular flexibility index (Phi) is 6.96. The number of guanidine groups is 1. The van der Waals surface area contributed by atoms with E-state index in [1.165, 1.54) is 19.3 Å². The minimum absolute atomic E-state index is 0.328. The van der Waals surface area contributed by atoms with Crippen molar-refractivity contribution in [1.29, 1.82) is 0 Å². The van der Waals surface area contributed by atoms with E-state index in [1.807, 2.05) is 0 Å². The van der Waals surface area contributed by atoms with E-state index in [0.717, 1.165) is 94.0 Å². The Labute approximate surface area is 178 Å². The van der Waals surface area contributed by atoms with Crippen LogP contribution in [0.15, 0.2) is 4.99 Å². The number of aryl methyl sites for hydroxylation is 4. The lowest BCUT2D eigenvalue weighted by atomic mass is 10.1. The van der Waals surface area contributed by atoms with Gasteiger partial charge in [-0.25, -0.2) is 9.67 Å². The monoisotopic (exact) mass is 413 g/mol. The molecule has 2 aromatic rings. The smallest absolute Gasteiger partial charge is 0.191 e. The number of nitrogens with one attached hydrogen (secondary N) is 2. The van der Waals surface area contributed by atoms with Gasteiger partial charge in [0.05, 0.1) is 6.54 Å². The molecule has 2 N–H and O–H groups in total. The SMILES string of the molecule is CCNC(=NCCCc1nnc2n1CCCCC2)NC1CCc2nc(CC)nn2C1. The summed E-state index contributed by atoms with van der Waals surface area (Å²) in [6.07, 6.45) is 9.64. The summed E-state index contributed by atoms with van der Waals surface area (Å²) in [6.45, 7) is 7.75. The average Bonchev–Trinajstić information content (AvgIpc) is 3.26. The first-order chi connectivity index (χ1) is 14.8. The second kappa shape index (κ2) is 10.0. The molecular formula is C21H35N9. The van der Waals surface area contributed by atoms with Crippen LogP contribution in [-0.2, 0) is 38.8 Å². The third kappa shape index (κ3) is 4.99. The van der Waals surface area contributed by atoms with Gasteiger partial charge in [-0.2, -0.15) is 5.10 Å². The molecule has 0 fully saturated rings. The summed E-state index contributed by atoms with van der Waals surface area (Å²) in [7, 11) is 0. The van der Waals surface area contributed by atoms with Crippen LogP contribution >= 0.6 is 0 Å². The van der Waals surface area contributed by atoms with Gasteiger partial charge in [0, 0.05) is 51.4 Å². The van der Waals surface area contributed by atoms with E-state index in [-0.39, 0.29) is 0 Å². The van der Waals surface area contributed by atoms with Gasteiger partial charge in [0.1, 0.15) is 17.5 Å². The molecule has 1 atom stereocenters. The minimum atomic E-state index is 0.328. The fourth-order valence-electron chi connectivity index (χ4n) is 4.30. The molecule has 4 rings (SSSR count). The normalized spacial score (nSPS) is 19.1. The number of fused-ring (bicyclic) bond motifs is 2. The molecule has 2 aliphatic heterocycles. The molecule has 0 bridgehead atoms. The highest BCUT2D eigenvalue weighted by molar-refractivity contribution is 5.80. The van der Waals surface area contributed by atoms with Crippen molar-refractivity contribution in [2.75, 3.05) is 13.1 Å². The van der Waals surface area contributed by atoms with Crippen LogP contribution in [-0.4, -0.2) is 54.6 Å². The van der Waals surface area contributed by atoms with E-state index in [1.54, 1.807) is 0 Å². The van der Waals surface area contributed by atoms with Crippen LogP contribution < -0.4 is 10.6 Å². The maximum absolute atomic E-state index is 4.81. The topological polar surface area (TPSA) is 97.8 Å². The highest BCUT2D eigenvalue weighted by Crippen LogP contribution is 2.15. The van der Waals surface area contributed by atoms with Gasteiger partial charge < -0.3 is 15.2 Å². The molecule has 9 heteroatoms. The van der Waals surface area contributed by atoms with Gasteiger partial charge in [-0.15, -0.1) is 10.2 Å². The van der Waals surface area contributed by atoms with E-state index in [4.69, 9.17) is 4.99 Å². The number of aromatic nitrogens is 6. The van der Waals surface area contributed by atoms with Crippen molar-refractivity contribution in [3.63, 3.8) is 0 Å². The summed E-state index contributed by atoms with van der Waals surface area (Å²) < 4.78 is 4.39. The van der Waals surface area contributed by atoms with Crippen molar-refractivity contribution in [2.45, 2.75) is 90.8 Å². The molecule has 0 saturated carbocycles. The lowest BCUT2D eigenvalue weighted by Crippen LogP contribution is -2.47. The van der Waals surface area contributed by atoms with E-state index in [0.29, 0.717) is 6.04 Å². The number of aliphatic imine (C=N–C) groups is 1. The second-order valence-corrected chi connectivity index (χ2v) is 8.22. The van der Waals surface area contributed by atoms with E-state index >= 15 is 0 Å². The lowest BCUT2D eigenvalue weighted by molar-refractivity contribution is 0.392. The van der Waals surface area contributed by atoms with Gasteiger partial charge in [0.2, 0.25) is 0 Å². The molecule has 0 spiro atoms. The van der Waals surface area contributed by atoms with E-state index in [9.17, 15) is 0 Å². The maximum atomic E-state index is 4.81. The number of nitrogens with zero attached hydrogens (tertiary/aromatic N) is 7. The Hall–Kier alpha value is -2.45. The summed E-state index contributed by atoms with van der Waals surface area (Å²) in [5.41, 5.74) is 0. The third-order valence-corrected chi connectivity index (χ3v) is 5.92. The van der Waals surface area contributed by atoms with Gasteiger partial charge in [0.25, 0.3) is 0 Å². The maximum Gasteiger partial charge on any atom is 0.191 e. The van der Waals surface area contributed by atoms with Gasteiger partial charge in [0.15, 0.2) is 11.8 Å². The van der Waals surface area contributed by atoms with Crippen LogP contribution in [0, 0.1) is 0 Å². The highest BCUT2D eigenvalue weighted by atomic mass is 15.4. The quantitative estimate of drug-likeness (QED) is 0.407. The molecule has 2 aromatic heterocycles. The molecule has 9 nitrogen and oxygen atoms in total. The van der Waals surface area contributed by atoms with Gasteiger partial charge >= 0.3 is 0 Å². The summed E-state index contributed by atoms with van der Waals surface area (Å²) in [5, 5.41) is 20.4. The zero-order valence-electron chi connectivity index (χ0n) is 18.4. The molecule has 0 saturated heterocycles. The Morgan fingerprint density at radius 3 is 2.93 bits per heavy atom. The molecule has 1 unspecified atom stereocenters. The van der Waals surface area contributed by atoms with Crippen LogP contribution in [0.5, 0.6) is 0 Å². The zero-order chi connectivity index (χ0) is 20.8. The predicted molar refractivity (Wildman–Crippen MR) is 117 cm³/mol. The molecule has 4 heterocycles. The Bertz CT molecular complexity index is 851. The molecule has 0 aromatic carbocycles. The standard InChI is InChI=1S/C21H35N9/c1-3-17-25-18-12-11-16(15-30(18)28-17)24-21(22-4-2)23-13-8-10-20-27-26-19-9-6-5-7-14-29(19)20/h16H,3-15H2,1-2H3,(H2,22,23,24). The van der Waals surface area contributed by atoms with Gasteiger partial charge in [-0.1, -0.05) is 13.3 Å².